The molecule has 0 aliphatic carbocycles. The number of nitrogens with two attached hydrogens (primary N) is 1. The maximum atomic E-state index is 5.77. The van der Waals surface area contributed by atoms with Gasteiger partial charge in [0.05, 0.1) is 0 Å². The highest BCUT2D eigenvalue weighted by atomic mass is 15.2. The molecule has 1 aliphatic heterocycles. The fraction of sp³-hybridized carbons (Fsp3) is 0.818. The van der Waals surface area contributed by atoms with Crippen LogP contribution in [0.5, 0.6) is 0 Å². The molecular formula is C11H22N2. The summed E-state index contributed by atoms with van der Waals surface area (Å²) >= 11 is 0. The van der Waals surface area contributed by atoms with Gasteiger partial charge in [0, 0.05) is 18.6 Å². The Morgan fingerprint density at radius 1 is 1.69 bits per heavy atom. The van der Waals surface area contributed by atoms with Crippen LogP contribution in [0.2, 0.25) is 0 Å². The number of piperidine rings is 1. The van der Waals surface area contributed by atoms with Crippen LogP contribution in [0.4, 0.5) is 0 Å². The largest absolute Gasteiger partial charge is 0.329 e. The highest BCUT2D eigenvalue weighted by molar-refractivity contribution is 4.91. The molecule has 0 bridgehead atoms. The van der Waals surface area contributed by atoms with Gasteiger partial charge in [0.1, 0.15) is 0 Å². The normalized spacial score (nSPS) is 32.8. The molecule has 0 aromatic carbocycles. The van der Waals surface area contributed by atoms with Gasteiger partial charge in [0.25, 0.3) is 0 Å². The van der Waals surface area contributed by atoms with Crippen molar-refractivity contribution in [1.82, 2.24) is 4.90 Å². The van der Waals surface area contributed by atoms with E-state index in [2.05, 4.69) is 25.3 Å². The molecule has 0 spiro atoms. The van der Waals surface area contributed by atoms with Crippen molar-refractivity contribution in [2.45, 2.75) is 38.8 Å². The molecule has 1 aliphatic rings. The van der Waals surface area contributed by atoms with E-state index < -0.39 is 0 Å². The summed E-state index contributed by atoms with van der Waals surface area (Å²) < 4.78 is 0. The van der Waals surface area contributed by atoms with Crippen LogP contribution in [-0.4, -0.2) is 30.1 Å². The Bertz CT molecular complexity index is 167. The van der Waals surface area contributed by atoms with E-state index in [0.717, 1.165) is 12.5 Å². The van der Waals surface area contributed by atoms with Crippen LogP contribution in [0.3, 0.4) is 0 Å². The van der Waals surface area contributed by atoms with Crippen LogP contribution in [0.15, 0.2) is 12.7 Å². The summed E-state index contributed by atoms with van der Waals surface area (Å²) in [5, 5.41) is 0. The standard InChI is InChI=1S/C11H22N2/c1-4-10(3)13-6-5-9(2)7-11(13)8-12/h4,9-11H,1,5-8,12H2,2-3H3. The fourth-order valence-electron chi connectivity index (χ4n) is 2.17. The second-order valence-corrected chi connectivity index (χ2v) is 4.23. The second kappa shape index (κ2) is 4.77. The molecule has 13 heavy (non-hydrogen) atoms. The number of rotatable bonds is 3. The average Bonchev–Trinajstić information content (AvgIpc) is 2.16. The maximum absolute atomic E-state index is 5.77. The van der Waals surface area contributed by atoms with Gasteiger partial charge in [0.2, 0.25) is 0 Å². The van der Waals surface area contributed by atoms with Gasteiger partial charge in [-0.05, 0) is 32.2 Å². The molecule has 0 saturated carbocycles. The van der Waals surface area contributed by atoms with Crippen molar-refractivity contribution in [1.29, 1.82) is 0 Å². The molecule has 1 rings (SSSR count). The summed E-state index contributed by atoms with van der Waals surface area (Å²) in [5.41, 5.74) is 5.77. The monoisotopic (exact) mass is 182 g/mol. The van der Waals surface area contributed by atoms with Gasteiger partial charge in [-0.15, -0.1) is 6.58 Å². The third-order valence-electron chi connectivity index (χ3n) is 3.16. The minimum atomic E-state index is 0.473. The number of nitrogens with zero attached hydrogens (tertiary/aromatic N) is 1. The predicted octanol–water partition coefficient (Wildman–Crippen LogP) is 1.62. The van der Waals surface area contributed by atoms with Gasteiger partial charge in [0.15, 0.2) is 0 Å². The lowest BCUT2D eigenvalue weighted by Gasteiger charge is -2.40. The predicted molar refractivity (Wildman–Crippen MR) is 57.6 cm³/mol. The van der Waals surface area contributed by atoms with E-state index in [1.54, 1.807) is 0 Å². The van der Waals surface area contributed by atoms with E-state index >= 15 is 0 Å². The molecule has 1 fully saturated rings. The minimum absolute atomic E-state index is 0.473. The third-order valence-corrected chi connectivity index (χ3v) is 3.16. The van der Waals surface area contributed by atoms with Crippen molar-refractivity contribution in [2.75, 3.05) is 13.1 Å². The molecule has 2 heteroatoms. The summed E-state index contributed by atoms with van der Waals surface area (Å²) in [6.45, 7) is 10.3. The Morgan fingerprint density at radius 2 is 2.38 bits per heavy atom. The molecule has 2 N–H and O–H groups in total. The van der Waals surface area contributed by atoms with Crippen LogP contribution in [0.1, 0.15) is 26.7 Å². The number of hydrogen-bond acceptors (Lipinski definition) is 2. The molecule has 3 unspecified atom stereocenters. The van der Waals surface area contributed by atoms with Crippen LogP contribution in [0, 0.1) is 5.92 Å². The Kier molecular flexibility index (Phi) is 3.94. The first-order chi connectivity index (χ1) is 6.19. The molecule has 76 valence electrons. The van der Waals surface area contributed by atoms with Gasteiger partial charge in [-0.1, -0.05) is 13.0 Å². The van der Waals surface area contributed by atoms with Crippen molar-refractivity contribution in [2.24, 2.45) is 11.7 Å². The topological polar surface area (TPSA) is 29.3 Å². The van der Waals surface area contributed by atoms with Crippen LogP contribution in [-0.2, 0) is 0 Å². The zero-order valence-corrected chi connectivity index (χ0v) is 8.87. The Balaban J connectivity index is 2.56. The van der Waals surface area contributed by atoms with Gasteiger partial charge in [-0.25, -0.2) is 0 Å². The smallest absolute Gasteiger partial charge is 0.0250 e. The van der Waals surface area contributed by atoms with Gasteiger partial charge < -0.3 is 5.73 Å². The van der Waals surface area contributed by atoms with Crippen molar-refractivity contribution in [3.63, 3.8) is 0 Å². The summed E-state index contributed by atoms with van der Waals surface area (Å²) in [4.78, 5) is 2.48. The van der Waals surface area contributed by atoms with Crippen molar-refractivity contribution in [3.8, 4) is 0 Å². The Morgan fingerprint density at radius 3 is 2.92 bits per heavy atom. The molecule has 2 nitrogen and oxygen atoms in total. The lowest BCUT2D eigenvalue weighted by atomic mass is 9.91. The summed E-state index contributed by atoms with van der Waals surface area (Å²) in [7, 11) is 0. The van der Waals surface area contributed by atoms with Crippen molar-refractivity contribution >= 4 is 0 Å². The molecule has 1 heterocycles. The molecule has 0 aromatic heterocycles. The first-order valence-electron chi connectivity index (χ1n) is 5.27. The van der Waals surface area contributed by atoms with E-state index in [1.165, 1.54) is 19.4 Å². The van der Waals surface area contributed by atoms with E-state index in [-0.39, 0.29) is 0 Å². The molecule has 1 saturated heterocycles. The highest BCUT2D eigenvalue weighted by Crippen LogP contribution is 2.23. The lowest BCUT2D eigenvalue weighted by Crippen LogP contribution is -2.49. The van der Waals surface area contributed by atoms with Gasteiger partial charge in [-0.2, -0.15) is 0 Å². The summed E-state index contributed by atoms with van der Waals surface area (Å²) in [5.74, 6) is 0.835. The van der Waals surface area contributed by atoms with E-state index in [1.807, 2.05) is 6.08 Å². The fourth-order valence-corrected chi connectivity index (χ4v) is 2.17. The third kappa shape index (κ3) is 2.55. The van der Waals surface area contributed by atoms with Crippen LogP contribution in [0.25, 0.3) is 0 Å². The van der Waals surface area contributed by atoms with Crippen molar-refractivity contribution in [3.05, 3.63) is 12.7 Å². The van der Waals surface area contributed by atoms with E-state index in [9.17, 15) is 0 Å². The minimum Gasteiger partial charge on any atom is -0.329 e. The number of likely N-dealkylation sites (tertiary alicyclic amines) is 1. The summed E-state index contributed by atoms with van der Waals surface area (Å²) in [6.07, 6.45) is 4.56. The van der Waals surface area contributed by atoms with Crippen molar-refractivity contribution < 1.29 is 0 Å². The van der Waals surface area contributed by atoms with Crippen LogP contribution >= 0.6 is 0 Å². The molecule has 0 amide bonds. The molecule has 0 radical (unpaired) electrons. The van der Waals surface area contributed by atoms with Gasteiger partial charge in [-0.3, -0.25) is 4.90 Å². The molecule has 0 aromatic rings. The van der Waals surface area contributed by atoms with Gasteiger partial charge >= 0.3 is 0 Å². The first-order valence-corrected chi connectivity index (χ1v) is 5.27. The van der Waals surface area contributed by atoms with Crippen LogP contribution < -0.4 is 5.73 Å². The Hall–Kier alpha value is -0.340. The summed E-state index contributed by atoms with van der Waals surface area (Å²) in [6, 6.07) is 1.04. The first kappa shape index (κ1) is 10.7. The Labute approximate surface area is 81.8 Å². The lowest BCUT2D eigenvalue weighted by molar-refractivity contribution is 0.102. The SMILES string of the molecule is C=CC(C)N1CCC(C)CC1CN. The van der Waals surface area contributed by atoms with E-state index in [4.69, 9.17) is 5.73 Å². The van der Waals surface area contributed by atoms with E-state index in [0.29, 0.717) is 12.1 Å². The average molecular weight is 182 g/mol. The second-order valence-electron chi connectivity index (χ2n) is 4.23. The maximum Gasteiger partial charge on any atom is 0.0250 e. The quantitative estimate of drug-likeness (QED) is 0.672. The zero-order valence-electron chi connectivity index (χ0n) is 8.87. The number of hydrogen-bond donors (Lipinski definition) is 1. The molecular weight excluding hydrogens is 160 g/mol. The highest BCUT2D eigenvalue weighted by Gasteiger charge is 2.27. The zero-order chi connectivity index (χ0) is 9.84. The molecule has 3 atom stereocenters.